The van der Waals surface area contributed by atoms with Crippen LogP contribution in [0.25, 0.3) is 0 Å². The van der Waals surface area contributed by atoms with Gasteiger partial charge in [0.1, 0.15) is 5.75 Å². The molecule has 0 aliphatic carbocycles. The number of benzene rings is 3. The van der Waals surface area contributed by atoms with E-state index in [1.807, 2.05) is 37.3 Å². The molecule has 0 aromatic heterocycles. The van der Waals surface area contributed by atoms with Crippen LogP contribution in [0.2, 0.25) is 18.6 Å². The molecule has 9 nitrogen and oxygen atoms in total. The van der Waals surface area contributed by atoms with Crippen molar-refractivity contribution in [1.29, 1.82) is 0 Å². The van der Waals surface area contributed by atoms with Crippen LogP contribution < -0.4 is 15.0 Å². The van der Waals surface area contributed by atoms with Gasteiger partial charge in [0.05, 0.1) is 44.5 Å². The lowest BCUT2D eigenvalue weighted by Gasteiger charge is -2.31. The predicted octanol–water partition coefficient (Wildman–Crippen LogP) is 5.64. The zero-order valence-electron chi connectivity index (χ0n) is 27.2. The van der Waals surface area contributed by atoms with Gasteiger partial charge in [-0.25, -0.2) is 0 Å². The Morgan fingerprint density at radius 1 is 1.11 bits per heavy atom. The van der Waals surface area contributed by atoms with E-state index in [-0.39, 0.29) is 43.3 Å². The van der Waals surface area contributed by atoms with Gasteiger partial charge in [-0.05, 0) is 74.0 Å². The molecule has 0 radical (unpaired) electrons. The number of ether oxygens (including phenoxy) is 2. The van der Waals surface area contributed by atoms with Crippen molar-refractivity contribution < 1.29 is 33.1 Å². The van der Waals surface area contributed by atoms with E-state index in [1.54, 1.807) is 72.5 Å². The van der Waals surface area contributed by atoms with E-state index in [0.717, 1.165) is 12.0 Å². The van der Waals surface area contributed by atoms with Gasteiger partial charge in [-0.1, -0.05) is 37.3 Å². The zero-order valence-corrected chi connectivity index (χ0v) is 28.2. The summed E-state index contributed by atoms with van der Waals surface area (Å²) in [6.07, 6.45) is 0.589. The van der Waals surface area contributed by atoms with Crippen molar-refractivity contribution in [1.82, 2.24) is 4.90 Å². The van der Waals surface area contributed by atoms with E-state index in [4.69, 9.17) is 9.47 Å². The first-order chi connectivity index (χ1) is 22.5. The maximum Gasteiger partial charge on any atom is 0.264 e. The summed E-state index contributed by atoms with van der Waals surface area (Å²) in [6.45, 7) is 5.74. The van der Waals surface area contributed by atoms with E-state index in [1.165, 1.54) is 0 Å². The van der Waals surface area contributed by atoms with Crippen molar-refractivity contribution in [3.05, 3.63) is 89.5 Å². The normalized spacial score (nSPS) is 25.4. The van der Waals surface area contributed by atoms with Crippen LogP contribution in [0, 0.1) is 5.92 Å². The van der Waals surface area contributed by atoms with Crippen molar-refractivity contribution >= 4 is 37.5 Å². The molecule has 3 aliphatic heterocycles. The van der Waals surface area contributed by atoms with Gasteiger partial charge in [-0.2, -0.15) is 0 Å². The molecule has 2 saturated heterocycles. The number of aliphatic hydroxyl groups is 1. The number of halogens is 1. The molecule has 2 N–H and O–H groups in total. The number of carbonyl (C=O) groups excluding carboxylic acids is 3. The monoisotopic (exact) mass is 659 g/mol. The molecule has 2 fully saturated rings. The third-order valence-corrected chi connectivity index (χ3v) is 12.5. The van der Waals surface area contributed by atoms with Crippen molar-refractivity contribution in [2.45, 2.75) is 69.1 Å². The summed E-state index contributed by atoms with van der Waals surface area (Å²) in [5, 5.41) is 12.8. The van der Waals surface area contributed by atoms with Crippen LogP contribution in [0.15, 0.2) is 72.8 Å². The number of amides is 3. The minimum Gasteiger partial charge on any atom is -0.497 e. The Bertz CT molecular complexity index is 1650. The molecule has 3 amide bonds. The molecule has 6 rings (SSSR count). The number of hydrogen-bond donors (Lipinski definition) is 2. The number of anilines is 2. The minimum absolute atomic E-state index is 0.0806. The molecule has 47 heavy (non-hydrogen) atoms. The topological polar surface area (TPSA) is 108 Å². The number of likely N-dealkylation sites (tertiary alicyclic amines) is 1. The van der Waals surface area contributed by atoms with Gasteiger partial charge in [0.2, 0.25) is 14.3 Å². The van der Waals surface area contributed by atoms with Crippen molar-refractivity contribution in [3.8, 4) is 5.75 Å². The maximum atomic E-state index is 16.3. The Hall–Kier alpha value is -4.06. The number of rotatable bonds is 9. The van der Waals surface area contributed by atoms with Crippen LogP contribution in [-0.2, 0) is 26.5 Å². The maximum absolute atomic E-state index is 16.3. The van der Waals surface area contributed by atoms with Crippen LogP contribution in [0.5, 0.6) is 5.75 Å². The summed E-state index contributed by atoms with van der Waals surface area (Å²) in [7, 11) is -1.95. The van der Waals surface area contributed by atoms with E-state index in [0.29, 0.717) is 41.2 Å². The molecule has 0 saturated carbocycles. The first kappa shape index (κ1) is 32.9. The molecule has 3 heterocycles. The lowest BCUT2D eigenvalue weighted by molar-refractivity contribution is -0.150. The summed E-state index contributed by atoms with van der Waals surface area (Å²) >= 11 is 0. The second kappa shape index (κ2) is 12.9. The first-order valence-corrected chi connectivity index (χ1v) is 19.2. The van der Waals surface area contributed by atoms with Crippen LogP contribution in [0.1, 0.15) is 47.7 Å². The van der Waals surface area contributed by atoms with Gasteiger partial charge in [0.15, 0.2) is 5.60 Å². The lowest BCUT2D eigenvalue weighted by atomic mass is 9.82. The summed E-state index contributed by atoms with van der Waals surface area (Å²) in [4.78, 5) is 44.9. The van der Waals surface area contributed by atoms with Gasteiger partial charge in [0, 0.05) is 34.8 Å². The molecule has 3 aromatic rings. The highest BCUT2D eigenvalue weighted by atomic mass is 28.4. The Morgan fingerprint density at radius 3 is 2.49 bits per heavy atom. The highest BCUT2D eigenvalue weighted by molar-refractivity contribution is 6.72. The predicted molar refractivity (Wildman–Crippen MR) is 180 cm³/mol. The Labute approximate surface area is 275 Å². The van der Waals surface area contributed by atoms with Crippen molar-refractivity contribution in [2.24, 2.45) is 5.92 Å². The summed E-state index contributed by atoms with van der Waals surface area (Å²) < 4.78 is 28.4. The van der Waals surface area contributed by atoms with Crippen molar-refractivity contribution in [3.63, 3.8) is 0 Å². The summed E-state index contributed by atoms with van der Waals surface area (Å²) in [6, 6.07) is 21.4. The summed E-state index contributed by atoms with van der Waals surface area (Å²) in [5.74, 6) is -0.820. The number of hydrogen-bond acceptors (Lipinski definition) is 6. The highest BCUT2D eigenvalue weighted by Gasteiger charge is 2.67. The second-order valence-corrected chi connectivity index (χ2v) is 17.1. The van der Waals surface area contributed by atoms with Crippen LogP contribution in [-0.4, -0.2) is 68.5 Å². The number of fused-ring (bicyclic) bond motifs is 2. The van der Waals surface area contributed by atoms with E-state index in [9.17, 15) is 19.5 Å². The third kappa shape index (κ3) is 5.96. The standard InChI is InChI=1S/C36H42FN3O6Si/c1-23-33(47(3,4)37)31(20-32(42)39-18-8-11-27(39)22-41)46-36(23)29-19-26(38-34(43)25-12-15-28(45-2)16-13-25)14-17-30(29)40(35(36)44)21-24-9-6-5-7-10-24/h5-7,9-10,12-17,19,23,27,31,33,41H,8,11,18,20-22H2,1-4H3,(H,38,43)/t23-,27+,31+,33-,36+/m1/s1. The molecular weight excluding hydrogens is 617 g/mol. The van der Waals surface area contributed by atoms with Crippen LogP contribution >= 0.6 is 0 Å². The molecule has 3 aromatic carbocycles. The largest absolute Gasteiger partial charge is 0.497 e. The molecule has 0 unspecified atom stereocenters. The zero-order chi connectivity index (χ0) is 33.5. The number of aliphatic hydroxyl groups excluding tert-OH is 1. The van der Waals surface area contributed by atoms with Gasteiger partial charge >= 0.3 is 0 Å². The Kier molecular flexibility index (Phi) is 8.99. The molecule has 248 valence electrons. The quantitative estimate of drug-likeness (QED) is 0.227. The van der Waals surface area contributed by atoms with Gasteiger partial charge in [0.25, 0.3) is 11.8 Å². The summed E-state index contributed by atoms with van der Waals surface area (Å²) in [5.41, 5.74) is 0.762. The molecule has 11 heteroatoms. The lowest BCUT2D eigenvalue weighted by Crippen LogP contribution is -2.45. The number of nitrogens with one attached hydrogen (secondary N) is 1. The number of methoxy groups -OCH3 is 1. The molecular formula is C36H42FN3O6Si. The molecule has 3 aliphatic rings. The van der Waals surface area contributed by atoms with E-state index < -0.39 is 31.6 Å². The van der Waals surface area contributed by atoms with E-state index in [2.05, 4.69) is 5.32 Å². The Morgan fingerprint density at radius 2 is 1.83 bits per heavy atom. The second-order valence-electron chi connectivity index (χ2n) is 13.3. The van der Waals surface area contributed by atoms with E-state index >= 15 is 4.11 Å². The van der Waals surface area contributed by atoms with Gasteiger partial charge in [-0.15, -0.1) is 0 Å². The average Bonchev–Trinajstić information content (AvgIpc) is 3.72. The Balaban J connectivity index is 1.39. The average molecular weight is 660 g/mol. The molecule has 5 atom stereocenters. The van der Waals surface area contributed by atoms with Gasteiger partial charge in [-0.3, -0.25) is 14.4 Å². The fourth-order valence-electron chi connectivity index (χ4n) is 7.84. The SMILES string of the molecule is COc1ccc(C(=O)Nc2ccc3c(c2)[C@]2(O[C@@H](CC(=O)N4CCC[C@H]4CO)[C@H]([Si](C)(C)F)[C@H]2C)C(=O)N3Cc2ccccc2)cc1. The highest BCUT2D eigenvalue weighted by Crippen LogP contribution is 2.60. The minimum atomic E-state index is -3.51. The molecule has 1 spiro atoms. The smallest absolute Gasteiger partial charge is 0.264 e. The fourth-order valence-corrected chi connectivity index (χ4v) is 10.3. The number of nitrogens with zero attached hydrogens (tertiary/aromatic N) is 2. The fraction of sp³-hybridized carbons (Fsp3) is 0.417. The van der Waals surface area contributed by atoms with Crippen molar-refractivity contribution in [2.75, 3.05) is 30.5 Å². The number of carbonyl (C=O) groups is 3. The van der Waals surface area contributed by atoms with Crippen LogP contribution in [0.3, 0.4) is 0 Å². The van der Waals surface area contributed by atoms with Crippen LogP contribution in [0.4, 0.5) is 15.5 Å². The first-order valence-electron chi connectivity index (χ1n) is 16.2. The molecule has 0 bridgehead atoms. The third-order valence-electron chi connectivity index (χ3n) is 10.0. The van der Waals surface area contributed by atoms with Gasteiger partial charge < -0.3 is 33.8 Å².